The fourth-order valence-corrected chi connectivity index (χ4v) is 3.71. The first-order chi connectivity index (χ1) is 12.2. The molecule has 2 aromatic carbocycles. The molecule has 6 nitrogen and oxygen atoms in total. The predicted octanol–water partition coefficient (Wildman–Crippen LogP) is 2.34. The predicted molar refractivity (Wildman–Crippen MR) is 97.7 cm³/mol. The molecule has 0 bridgehead atoms. The number of carbonyl (C=O) groups excluding carboxylic acids is 1. The van der Waals surface area contributed by atoms with Crippen LogP contribution in [0.3, 0.4) is 0 Å². The Morgan fingerprint density at radius 3 is 2.12 bits per heavy atom. The van der Waals surface area contributed by atoms with E-state index in [4.69, 9.17) is 10.8 Å². The third-order valence-electron chi connectivity index (χ3n) is 4.03. The average molecular weight is 375 g/mol. The second-order valence-corrected chi connectivity index (χ2v) is 8.28. The number of aliphatic carboxylic acids is 1. The molecular weight excluding hydrogens is 354 g/mol. The van der Waals surface area contributed by atoms with E-state index in [-0.39, 0.29) is 29.9 Å². The molecule has 0 aliphatic carbocycles. The first-order valence-corrected chi connectivity index (χ1v) is 9.65. The summed E-state index contributed by atoms with van der Waals surface area (Å²) in [5, 5.41) is 7.52. The van der Waals surface area contributed by atoms with Crippen molar-refractivity contribution in [1.29, 1.82) is 0 Å². The number of aryl methyl sites for hydroxylation is 1. The van der Waals surface area contributed by atoms with Gasteiger partial charge < -0.3 is 10.8 Å². The van der Waals surface area contributed by atoms with Crippen LogP contribution >= 0.6 is 0 Å². The molecule has 3 N–H and O–H groups in total. The van der Waals surface area contributed by atoms with Gasteiger partial charge in [0.05, 0.1) is 11.3 Å². The van der Waals surface area contributed by atoms with Crippen LogP contribution in [0.15, 0.2) is 53.4 Å². The van der Waals surface area contributed by atoms with Crippen LogP contribution in [0.25, 0.3) is 0 Å². The Morgan fingerprint density at radius 1 is 1.00 bits per heavy atom. The summed E-state index contributed by atoms with van der Waals surface area (Å²) in [6.07, 6.45) is -0.184. The maximum absolute atomic E-state index is 12.5. The lowest BCUT2D eigenvalue weighted by Gasteiger charge is -2.13. The smallest absolute Gasteiger partial charge is 0.303 e. The molecule has 1 unspecified atom stereocenters. The molecule has 0 heterocycles. The van der Waals surface area contributed by atoms with E-state index >= 15 is 0 Å². The number of ketones is 1. The van der Waals surface area contributed by atoms with Crippen LogP contribution in [0.1, 0.15) is 34.3 Å². The summed E-state index contributed by atoms with van der Waals surface area (Å²) in [6, 6.07) is 12.9. The normalized spacial score (nSPS) is 12.5. The van der Waals surface area contributed by atoms with Gasteiger partial charge in [-0.25, -0.2) is 8.42 Å². The van der Waals surface area contributed by atoms with E-state index in [0.29, 0.717) is 11.1 Å². The number of nitrogens with two attached hydrogens (primary N) is 1. The van der Waals surface area contributed by atoms with Crippen molar-refractivity contribution in [2.45, 2.75) is 36.5 Å². The molecule has 26 heavy (non-hydrogen) atoms. The van der Waals surface area contributed by atoms with E-state index in [0.717, 1.165) is 5.56 Å². The highest BCUT2D eigenvalue weighted by molar-refractivity contribution is 7.92. The lowest BCUT2D eigenvalue weighted by Crippen LogP contribution is -2.32. The molecule has 1 atom stereocenters. The van der Waals surface area contributed by atoms with Crippen LogP contribution in [-0.2, 0) is 21.1 Å². The van der Waals surface area contributed by atoms with E-state index in [1.54, 1.807) is 36.4 Å². The molecule has 0 fully saturated rings. The molecule has 0 saturated heterocycles. The highest BCUT2D eigenvalue weighted by Gasteiger charge is 2.24. The molecule has 0 saturated carbocycles. The summed E-state index contributed by atoms with van der Waals surface area (Å²) in [4.78, 5) is 22.6. The third kappa shape index (κ3) is 5.00. The Balaban J connectivity index is 2.07. The second-order valence-electron chi connectivity index (χ2n) is 6.11. The highest BCUT2D eigenvalue weighted by atomic mass is 32.2. The van der Waals surface area contributed by atoms with Crippen molar-refractivity contribution in [3.8, 4) is 0 Å². The van der Waals surface area contributed by atoms with Gasteiger partial charge in [-0.2, -0.15) is 0 Å². The largest absolute Gasteiger partial charge is 0.481 e. The topological polar surface area (TPSA) is 115 Å². The van der Waals surface area contributed by atoms with Crippen LogP contribution in [0.2, 0.25) is 0 Å². The minimum atomic E-state index is -3.65. The molecule has 0 amide bonds. The summed E-state index contributed by atoms with van der Waals surface area (Å²) in [5.41, 5.74) is 7.95. The molecule has 2 aromatic rings. The van der Waals surface area contributed by atoms with Gasteiger partial charge >= 0.3 is 5.97 Å². The Bertz CT molecular complexity index is 887. The Hall–Kier alpha value is -2.51. The van der Waals surface area contributed by atoms with Gasteiger partial charge in [0.25, 0.3) is 0 Å². The Labute approximate surface area is 152 Å². The minimum absolute atomic E-state index is 0.0734. The number of Topliss-reactive ketones (excluding diaryl/α,β-unsaturated/α-hetero) is 1. The molecule has 0 radical (unpaired) electrons. The van der Waals surface area contributed by atoms with Crippen molar-refractivity contribution in [2.24, 2.45) is 5.73 Å². The van der Waals surface area contributed by atoms with Crippen molar-refractivity contribution in [1.82, 2.24) is 0 Å². The lowest BCUT2D eigenvalue weighted by molar-refractivity contribution is -0.136. The Kier molecular flexibility index (Phi) is 6.28. The molecule has 138 valence electrons. The zero-order chi connectivity index (χ0) is 19.3. The van der Waals surface area contributed by atoms with Crippen LogP contribution in [0.5, 0.6) is 0 Å². The number of carbonyl (C=O) groups is 2. The van der Waals surface area contributed by atoms with E-state index < -0.39 is 21.2 Å². The number of carboxylic acids is 1. The van der Waals surface area contributed by atoms with E-state index in [2.05, 4.69) is 0 Å². The fraction of sp³-hybridized carbons (Fsp3) is 0.263. The number of benzene rings is 2. The van der Waals surface area contributed by atoms with Gasteiger partial charge in [0.15, 0.2) is 15.6 Å². The highest BCUT2D eigenvalue weighted by Crippen LogP contribution is 2.18. The standard InChI is InChI=1S/C19H21NO5S/c1-13-2-8-16(9-3-13)26(24,25)18(20)12-14-4-6-15(7-5-14)17(21)10-11-19(22)23/h2-9,18H,10-12,20H2,1H3,(H,22,23). The van der Waals surface area contributed by atoms with Crippen molar-refractivity contribution in [3.63, 3.8) is 0 Å². The van der Waals surface area contributed by atoms with Crippen LogP contribution in [0.4, 0.5) is 0 Å². The second kappa shape index (κ2) is 8.25. The zero-order valence-electron chi connectivity index (χ0n) is 14.4. The number of carboxylic acid groups (broad SMARTS) is 1. The summed E-state index contributed by atoms with van der Waals surface area (Å²) < 4.78 is 25.1. The molecule has 2 rings (SSSR count). The first-order valence-electron chi connectivity index (χ1n) is 8.10. The molecule has 0 spiro atoms. The van der Waals surface area contributed by atoms with Gasteiger partial charge in [-0.1, -0.05) is 42.0 Å². The SMILES string of the molecule is Cc1ccc(S(=O)(=O)C(N)Cc2ccc(C(=O)CCC(=O)O)cc2)cc1. The number of hydrogen-bond acceptors (Lipinski definition) is 5. The summed E-state index contributed by atoms with van der Waals surface area (Å²) in [5.74, 6) is -1.29. The quantitative estimate of drug-likeness (QED) is 0.685. The lowest BCUT2D eigenvalue weighted by atomic mass is 10.0. The minimum Gasteiger partial charge on any atom is -0.481 e. The maximum Gasteiger partial charge on any atom is 0.303 e. The molecule has 7 heteroatoms. The zero-order valence-corrected chi connectivity index (χ0v) is 15.2. The third-order valence-corrected chi connectivity index (χ3v) is 5.92. The van der Waals surface area contributed by atoms with Gasteiger partial charge in [0, 0.05) is 18.4 Å². The monoisotopic (exact) mass is 375 g/mol. The first kappa shape index (κ1) is 19.8. The van der Waals surface area contributed by atoms with Gasteiger partial charge in [-0.15, -0.1) is 0 Å². The van der Waals surface area contributed by atoms with Crippen LogP contribution in [0, 0.1) is 6.92 Å². The van der Waals surface area contributed by atoms with Gasteiger partial charge in [-0.05, 0) is 24.6 Å². The van der Waals surface area contributed by atoms with Crippen molar-refractivity contribution in [3.05, 3.63) is 65.2 Å². The summed E-state index contributed by atoms with van der Waals surface area (Å²) in [7, 11) is -3.65. The van der Waals surface area contributed by atoms with Gasteiger partial charge in [0.2, 0.25) is 0 Å². The van der Waals surface area contributed by atoms with Crippen molar-refractivity contribution in [2.75, 3.05) is 0 Å². The number of sulfone groups is 1. The van der Waals surface area contributed by atoms with E-state index in [9.17, 15) is 18.0 Å². The van der Waals surface area contributed by atoms with Gasteiger partial charge in [0.1, 0.15) is 5.37 Å². The maximum atomic E-state index is 12.5. The van der Waals surface area contributed by atoms with Crippen LogP contribution < -0.4 is 5.73 Å². The molecule has 0 aliphatic heterocycles. The number of hydrogen-bond donors (Lipinski definition) is 2. The van der Waals surface area contributed by atoms with E-state index in [1.165, 1.54) is 12.1 Å². The fourth-order valence-electron chi connectivity index (χ4n) is 2.44. The number of rotatable bonds is 8. The van der Waals surface area contributed by atoms with Crippen molar-refractivity contribution < 1.29 is 23.1 Å². The molecule has 0 aromatic heterocycles. The average Bonchev–Trinajstić information content (AvgIpc) is 2.60. The Morgan fingerprint density at radius 2 is 1.58 bits per heavy atom. The van der Waals surface area contributed by atoms with Crippen molar-refractivity contribution >= 4 is 21.6 Å². The summed E-state index contributed by atoms with van der Waals surface area (Å²) >= 11 is 0. The van der Waals surface area contributed by atoms with Gasteiger partial charge in [-0.3, -0.25) is 9.59 Å². The molecular formula is C19H21NO5S. The molecule has 0 aliphatic rings. The van der Waals surface area contributed by atoms with E-state index in [1.807, 2.05) is 6.92 Å². The van der Waals surface area contributed by atoms with Crippen LogP contribution in [-0.4, -0.2) is 30.7 Å². The summed E-state index contributed by atoms with van der Waals surface area (Å²) in [6.45, 7) is 1.87.